The first-order valence-electron chi connectivity index (χ1n) is 9.15. The standard InChI is InChI=1S/C17H21ClF2N4O2S2.CH2O2/c1-24(2)15-4-3-10(19)7-14(15)22-13-9-12(20)16(8-11(13)18)28(25,26)23-17-21-5-6-27-17;2-1-3/h5-6,8-10,14-15,22H,3-4,7H2,1-2H3,(H,21,23);1H,(H,2,3)/t10?,14-,15-;/m0./s1. The first-order valence-corrected chi connectivity index (χ1v) is 11.9. The van der Waals surface area contributed by atoms with E-state index in [-0.39, 0.29) is 40.8 Å². The lowest BCUT2D eigenvalue weighted by atomic mass is 9.88. The van der Waals surface area contributed by atoms with Crippen LogP contribution in [0.25, 0.3) is 0 Å². The van der Waals surface area contributed by atoms with Crippen LogP contribution in [0, 0.1) is 5.82 Å². The molecule has 0 spiro atoms. The molecule has 0 radical (unpaired) electrons. The first-order chi connectivity index (χ1) is 14.6. The van der Waals surface area contributed by atoms with Crippen LogP contribution in [-0.2, 0) is 14.8 Å². The minimum absolute atomic E-state index is 0.0411. The Labute approximate surface area is 188 Å². The molecule has 2 aromatic rings. The minimum Gasteiger partial charge on any atom is -0.483 e. The summed E-state index contributed by atoms with van der Waals surface area (Å²) < 4.78 is 55.6. The Bertz CT molecular complexity index is 977. The van der Waals surface area contributed by atoms with Crippen LogP contribution in [-0.4, -0.2) is 62.2 Å². The van der Waals surface area contributed by atoms with Crippen molar-refractivity contribution in [2.45, 2.75) is 42.4 Å². The summed E-state index contributed by atoms with van der Waals surface area (Å²) in [7, 11) is -0.371. The number of rotatable bonds is 6. The van der Waals surface area contributed by atoms with E-state index in [0.29, 0.717) is 12.8 Å². The van der Waals surface area contributed by atoms with E-state index in [2.05, 4.69) is 15.0 Å². The molecule has 8 nitrogen and oxygen atoms in total. The normalized spacial score (nSPS) is 21.2. The molecule has 1 aromatic carbocycles. The van der Waals surface area contributed by atoms with Gasteiger partial charge in [-0.15, -0.1) is 11.3 Å². The van der Waals surface area contributed by atoms with E-state index in [1.165, 1.54) is 6.20 Å². The highest BCUT2D eigenvalue weighted by Crippen LogP contribution is 2.33. The number of nitrogens with zero attached hydrogens (tertiary/aromatic N) is 2. The number of benzene rings is 1. The van der Waals surface area contributed by atoms with Gasteiger partial charge in [0.2, 0.25) is 0 Å². The maximum atomic E-state index is 14.6. The molecule has 1 unspecified atom stereocenters. The lowest BCUT2D eigenvalue weighted by Crippen LogP contribution is -2.48. The second kappa shape index (κ2) is 11.0. The first kappa shape index (κ1) is 25.2. The monoisotopic (exact) mass is 496 g/mol. The summed E-state index contributed by atoms with van der Waals surface area (Å²) in [5.74, 6) is -0.954. The van der Waals surface area contributed by atoms with Crippen LogP contribution in [0.4, 0.5) is 19.6 Å². The number of hydrogen-bond donors (Lipinski definition) is 3. The number of aromatic nitrogens is 1. The molecule has 1 aromatic heterocycles. The lowest BCUT2D eigenvalue weighted by Gasteiger charge is -2.38. The van der Waals surface area contributed by atoms with Crippen molar-refractivity contribution in [1.29, 1.82) is 0 Å². The Morgan fingerprint density at radius 1 is 1.35 bits per heavy atom. The molecule has 13 heteroatoms. The topological polar surface area (TPSA) is 112 Å². The second-order valence-electron chi connectivity index (χ2n) is 7.00. The predicted octanol–water partition coefficient (Wildman–Crippen LogP) is 3.67. The van der Waals surface area contributed by atoms with Gasteiger partial charge in [0.25, 0.3) is 16.5 Å². The largest absolute Gasteiger partial charge is 0.483 e. The molecular weight excluding hydrogens is 474 g/mol. The number of nitrogens with one attached hydrogen (secondary N) is 2. The molecule has 3 rings (SSSR count). The van der Waals surface area contributed by atoms with Crippen LogP contribution in [0.2, 0.25) is 5.02 Å². The predicted molar refractivity (Wildman–Crippen MR) is 117 cm³/mol. The maximum Gasteiger partial charge on any atom is 0.290 e. The molecule has 0 bridgehead atoms. The van der Waals surface area contributed by atoms with Crippen LogP contribution >= 0.6 is 22.9 Å². The van der Waals surface area contributed by atoms with Gasteiger partial charge in [0.15, 0.2) is 5.13 Å². The quantitative estimate of drug-likeness (QED) is 0.523. The lowest BCUT2D eigenvalue weighted by molar-refractivity contribution is -0.122. The second-order valence-corrected chi connectivity index (χ2v) is 9.96. The Morgan fingerprint density at radius 3 is 2.61 bits per heavy atom. The number of thiazole rings is 1. The van der Waals surface area contributed by atoms with Gasteiger partial charge in [0, 0.05) is 30.1 Å². The number of alkyl halides is 1. The number of likely N-dealkylation sites (N-methyl/N-ethyl adjacent to an activating group) is 1. The van der Waals surface area contributed by atoms with Crippen molar-refractivity contribution in [2.75, 3.05) is 24.1 Å². The summed E-state index contributed by atoms with van der Waals surface area (Å²) in [6.45, 7) is -0.250. The molecular formula is C18H23ClF2N4O4S2. The van der Waals surface area contributed by atoms with E-state index in [9.17, 15) is 17.2 Å². The van der Waals surface area contributed by atoms with Crippen molar-refractivity contribution >= 4 is 50.3 Å². The van der Waals surface area contributed by atoms with Gasteiger partial charge in [0.1, 0.15) is 16.9 Å². The average molecular weight is 497 g/mol. The van der Waals surface area contributed by atoms with Gasteiger partial charge in [0.05, 0.1) is 10.7 Å². The van der Waals surface area contributed by atoms with Gasteiger partial charge in [-0.1, -0.05) is 11.6 Å². The van der Waals surface area contributed by atoms with Crippen molar-refractivity contribution in [2.24, 2.45) is 0 Å². The molecule has 3 atom stereocenters. The molecule has 1 aliphatic rings. The van der Waals surface area contributed by atoms with Gasteiger partial charge in [-0.25, -0.2) is 22.2 Å². The Balaban J connectivity index is 0.00000107. The molecule has 0 saturated heterocycles. The van der Waals surface area contributed by atoms with E-state index >= 15 is 0 Å². The Hall–Kier alpha value is -2.02. The highest BCUT2D eigenvalue weighted by molar-refractivity contribution is 7.93. The van der Waals surface area contributed by atoms with Gasteiger partial charge in [-0.3, -0.25) is 9.52 Å². The third-order valence-corrected chi connectivity index (χ3v) is 7.20. The highest BCUT2D eigenvalue weighted by Gasteiger charge is 2.32. The van der Waals surface area contributed by atoms with Crippen molar-refractivity contribution in [3.63, 3.8) is 0 Å². The molecule has 31 heavy (non-hydrogen) atoms. The zero-order valence-electron chi connectivity index (χ0n) is 16.8. The Kier molecular flexibility index (Phi) is 8.98. The number of sulfonamides is 1. The average Bonchev–Trinajstić information content (AvgIpc) is 3.17. The smallest absolute Gasteiger partial charge is 0.290 e. The van der Waals surface area contributed by atoms with Crippen LogP contribution in [0.1, 0.15) is 19.3 Å². The summed E-state index contributed by atoms with van der Waals surface area (Å²) >= 11 is 7.31. The highest BCUT2D eigenvalue weighted by atomic mass is 35.5. The Morgan fingerprint density at radius 2 is 2.03 bits per heavy atom. The molecule has 3 N–H and O–H groups in total. The van der Waals surface area contributed by atoms with E-state index in [1.807, 2.05) is 19.0 Å². The van der Waals surface area contributed by atoms with E-state index in [0.717, 1.165) is 23.5 Å². The molecule has 0 aliphatic heterocycles. The number of carboxylic acid groups (broad SMARTS) is 1. The zero-order valence-corrected chi connectivity index (χ0v) is 19.1. The molecule has 1 aliphatic carbocycles. The number of hydrogen-bond acceptors (Lipinski definition) is 7. The summed E-state index contributed by atoms with van der Waals surface area (Å²) in [5, 5.41) is 11.7. The van der Waals surface area contributed by atoms with Gasteiger partial charge >= 0.3 is 0 Å². The molecule has 1 fully saturated rings. The summed E-state index contributed by atoms with van der Waals surface area (Å²) in [4.78, 5) is 13.6. The van der Waals surface area contributed by atoms with Crippen molar-refractivity contribution in [1.82, 2.24) is 9.88 Å². The summed E-state index contributed by atoms with van der Waals surface area (Å²) in [6, 6.07) is 1.87. The fraction of sp³-hybridized carbons (Fsp3) is 0.444. The van der Waals surface area contributed by atoms with Crippen LogP contribution in [0.5, 0.6) is 0 Å². The molecule has 1 heterocycles. The number of anilines is 2. The number of carbonyl (C=O) groups is 1. The van der Waals surface area contributed by atoms with Crippen molar-refractivity contribution in [3.8, 4) is 0 Å². The minimum atomic E-state index is -4.18. The van der Waals surface area contributed by atoms with Crippen LogP contribution in [0.3, 0.4) is 0 Å². The SMILES string of the molecule is CN(C)[C@H]1CCC(F)C[C@@H]1Nc1cc(F)c(S(=O)(=O)Nc2nccs2)cc1Cl.O=CO. The third kappa shape index (κ3) is 6.73. The van der Waals surface area contributed by atoms with Gasteiger partial charge in [-0.2, -0.15) is 0 Å². The van der Waals surface area contributed by atoms with Crippen LogP contribution < -0.4 is 10.0 Å². The van der Waals surface area contributed by atoms with Gasteiger partial charge < -0.3 is 15.3 Å². The zero-order chi connectivity index (χ0) is 23.2. The van der Waals surface area contributed by atoms with Crippen molar-refractivity contribution < 1.29 is 27.1 Å². The van der Waals surface area contributed by atoms with E-state index in [4.69, 9.17) is 21.5 Å². The fourth-order valence-corrected chi connectivity index (χ4v) is 5.52. The molecule has 0 amide bonds. The summed E-state index contributed by atoms with van der Waals surface area (Å²) in [6.07, 6.45) is 1.90. The van der Waals surface area contributed by atoms with E-state index < -0.39 is 26.9 Å². The van der Waals surface area contributed by atoms with Crippen LogP contribution in [0.15, 0.2) is 28.6 Å². The third-order valence-electron chi connectivity index (χ3n) is 4.72. The summed E-state index contributed by atoms with van der Waals surface area (Å²) in [5.41, 5.74) is 0.235. The molecule has 1 saturated carbocycles. The molecule has 172 valence electrons. The maximum absolute atomic E-state index is 14.6. The van der Waals surface area contributed by atoms with Crippen molar-refractivity contribution in [3.05, 3.63) is 34.5 Å². The van der Waals surface area contributed by atoms with E-state index in [1.54, 1.807) is 5.38 Å². The number of halogens is 3. The van der Waals surface area contributed by atoms with Gasteiger partial charge in [-0.05, 0) is 39.1 Å². The fourth-order valence-electron chi connectivity index (χ4n) is 3.37.